The highest BCUT2D eigenvalue weighted by Crippen LogP contribution is 2.35. The fourth-order valence-electron chi connectivity index (χ4n) is 3.05. The topological polar surface area (TPSA) is 48.1 Å². The zero-order chi connectivity index (χ0) is 13.4. The van der Waals surface area contributed by atoms with E-state index in [0.717, 1.165) is 15.9 Å². The van der Waals surface area contributed by atoms with Crippen LogP contribution in [-0.2, 0) is 0 Å². The van der Waals surface area contributed by atoms with Gasteiger partial charge in [0.2, 0.25) is 0 Å². The summed E-state index contributed by atoms with van der Waals surface area (Å²) in [6.07, 6.45) is 6.17. The van der Waals surface area contributed by atoms with Gasteiger partial charge < -0.3 is 4.57 Å². The Hall–Kier alpha value is -1.49. The van der Waals surface area contributed by atoms with Gasteiger partial charge in [0.25, 0.3) is 5.69 Å². The molecule has 5 heteroatoms. The first-order chi connectivity index (χ1) is 9.16. The Morgan fingerprint density at radius 3 is 2.63 bits per heavy atom. The van der Waals surface area contributed by atoms with E-state index in [1.54, 1.807) is 12.1 Å². The molecule has 3 rings (SSSR count). The average Bonchev–Trinajstić information content (AvgIpc) is 2.74. The van der Waals surface area contributed by atoms with Gasteiger partial charge in [-0.25, -0.2) is 0 Å². The Labute approximate surface area is 117 Å². The monoisotopic (exact) mass is 276 g/mol. The molecule has 0 N–H and O–H groups in total. The number of non-ortho nitro benzene ring substituents is 1. The van der Waals surface area contributed by atoms with Crippen LogP contribution in [0.3, 0.4) is 0 Å². The molecule has 0 bridgehead atoms. The molecule has 2 aromatic rings. The number of nitrogens with zero attached hydrogens (tertiary/aromatic N) is 2. The molecule has 1 aromatic heterocycles. The van der Waals surface area contributed by atoms with Gasteiger partial charge in [-0.15, -0.1) is 12.6 Å². The van der Waals surface area contributed by atoms with E-state index in [4.69, 9.17) is 0 Å². The zero-order valence-electron chi connectivity index (χ0n) is 10.6. The molecule has 0 radical (unpaired) electrons. The van der Waals surface area contributed by atoms with Crippen molar-refractivity contribution in [1.29, 1.82) is 0 Å². The maximum absolute atomic E-state index is 10.8. The maximum atomic E-state index is 10.8. The van der Waals surface area contributed by atoms with Crippen LogP contribution in [-0.4, -0.2) is 9.49 Å². The van der Waals surface area contributed by atoms with Crippen LogP contribution in [0.5, 0.6) is 0 Å². The molecule has 0 amide bonds. The van der Waals surface area contributed by atoms with Gasteiger partial charge in [0, 0.05) is 29.1 Å². The van der Waals surface area contributed by atoms with Crippen LogP contribution >= 0.6 is 12.6 Å². The van der Waals surface area contributed by atoms with Gasteiger partial charge in [-0.2, -0.15) is 0 Å². The van der Waals surface area contributed by atoms with Crippen LogP contribution in [0.2, 0.25) is 0 Å². The minimum absolute atomic E-state index is 0.140. The van der Waals surface area contributed by atoms with Crippen LogP contribution in [0.25, 0.3) is 10.9 Å². The maximum Gasteiger partial charge on any atom is 0.270 e. The molecule has 1 aliphatic rings. The Balaban J connectivity index is 2.09. The molecular weight excluding hydrogens is 260 g/mol. The molecule has 0 saturated heterocycles. The summed E-state index contributed by atoms with van der Waals surface area (Å²) < 4.78 is 2.24. The number of nitro benzene ring substituents is 1. The summed E-state index contributed by atoms with van der Waals surface area (Å²) in [7, 11) is 0. The van der Waals surface area contributed by atoms with Crippen molar-refractivity contribution in [2.45, 2.75) is 43.2 Å². The molecule has 4 nitrogen and oxygen atoms in total. The second-order valence-corrected chi connectivity index (χ2v) is 5.62. The Kier molecular flexibility index (Phi) is 3.22. The molecule has 0 aliphatic heterocycles. The number of hydrogen-bond acceptors (Lipinski definition) is 3. The fourth-order valence-corrected chi connectivity index (χ4v) is 3.46. The van der Waals surface area contributed by atoms with Crippen molar-refractivity contribution in [3.8, 4) is 0 Å². The normalized spacial score (nSPS) is 16.9. The summed E-state index contributed by atoms with van der Waals surface area (Å²) in [5, 5.41) is 12.6. The van der Waals surface area contributed by atoms with E-state index in [1.807, 2.05) is 12.1 Å². The largest absolute Gasteiger partial charge is 0.333 e. The predicted octanol–water partition coefficient (Wildman–Crippen LogP) is 4.34. The lowest BCUT2D eigenvalue weighted by atomic mass is 9.95. The fraction of sp³-hybridized carbons (Fsp3) is 0.429. The first-order valence-corrected chi connectivity index (χ1v) is 7.10. The second kappa shape index (κ2) is 4.89. The first-order valence-electron chi connectivity index (χ1n) is 6.65. The summed E-state index contributed by atoms with van der Waals surface area (Å²) in [6, 6.07) is 7.48. The summed E-state index contributed by atoms with van der Waals surface area (Å²) in [6.45, 7) is 0. The molecule has 100 valence electrons. The van der Waals surface area contributed by atoms with Gasteiger partial charge in [-0.1, -0.05) is 19.3 Å². The van der Waals surface area contributed by atoms with Gasteiger partial charge in [-0.3, -0.25) is 10.1 Å². The zero-order valence-corrected chi connectivity index (χ0v) is 11.5. The van der Waals surface area contributed by atoms with E-state index < -0.39 is 0 Å². The molecule has 1 fully saturated rings. The predicted molar refractivity (Wildman–Crippen MR) is 78.0 cm³/mol. The molecular formula is C14H16N2O2S. The van der Waals surface area contributed by atoms with Gasteiger partial charge in [0.15, 0.2) is 0 Å². The van der Waals surface area contributed by atoms with E-state index in [2.05, 4.69) is 17.2 Å². The Morgan fingerprint density at radius 2 is 1.95 bits per heavy atom. The van der Waals surface area contributed by atoms with E-state index in [0.29, 0.717) is 6.04 Å². The summed E-state index contributed by atoms with van der Waals surface area (Å²) >= 11 is 4.55. The van der Waals surface area contributed by atoms with Crippen molar-refractivity contribution < 1.29 is 4.92 Å². The molecule has 1 heterocycles. The van der Waals surface area contributed by atoms with Gasteiger partial charge >= 0.3 is 0 Å². The Morgan fingerprint density at radius 1 is 1.21 bits per heavy atom. The highest BCUT2D eigenvalue weighted by Gasteiger charge is 2.20. The van der Waals surface area contributed by atoms with Crippen molar-refractivity contribution in [2.24, 2.45) is 0 Å². The second-order valence-electron chi connectivity index (χ2n) is 5.16. The lowest BCUT2D eigenvalue weighted by Crippen LogP contribution is -2.12. The van der Waals surface area contributed by atoms with Gasteiger partial charge in [0.1, 0.15) is 0 Å². The van der Waals surface area contributed by atoms with Crippen LogP contribution < -0.4 is 0 Å². The highest BCUT2D eigenvalue weighted by atomic mass is 32.1. The SMILES string of the molecule is O=[N+]([O-])c1ccc2c(c1)cc(S)n2C1CCCCC1. The quantitative estimate of drug-likeness (QED) is 0.504. The van der Waals surface area contributed by atoms with E-state index >= 15 is 0 Å². The number of hydrogen-bond donors (Lipinski definition) is 1. The van der Waals surface area contributed by atoms with Crippen molar-refractivity contribution >= 4 is 29.2 Å². The van der Waals surface area contributed by atoms with Crippen molar-refractivity contribution in [1.82, 2.24) is 4.57 Å². The lowest BCUT2D eigenvalue weighted by Gasteiger charge is -2.25. The van der Waals surface area contributed by atoms with Crippen LogP contribution in [0.15, 0.2) is 29.3 Å². The lowest BCUT2D eigenvalue weighted by molar-refractivity contribution is -0.384. The first kappa shape index (κ1) is 12.5. The third kappa shape index (κ3) is 2.23. The van der Waals surface area contributed by atoms with Crippen molar-refractivity contribution in [3.05, 3.63) is 34.4 Å². The number of thiol groups is 1. The average molecular weight is 276 g/mol. The van der Waals surface area contributed by atoms with Crippen LogP contribution in [0.1, 0.15) is 38.1 Å². The number of rotatable bonds is 2. The van der Waals surface area contributed by atoms with Crippen LogP contribution in [0, 0.1) is 10.1 Å². The Bertz CT molecular complexity index is 630. The summed E-state index contributed by atoms with van der Waals surface area (Å²) in [5.74, 6) is 0. The third-order valence-corrected chi connectivity index (χ3v) is 4.30. The molecule has 1 saturated carbocycles. The third-order valence-electron chi connectivity index (χ3n) is 3.95. The van der Waals surface area contributed by atoms with Crippen LogP contribution in [0.4, 0.5) is 5.69 Å². The number of benzene rings is 1. The van der Waals surface area contributed by atoms with Crippen molar-refractivity contribution in [3.63, 3.8) is 0 Å². The minimum Gasteiger partial charge on any atom is -0.333 e. The van der Waals surface area contributed by atoms with E-state index in [-0.39, 0.29) is 10.6 Å². The number of fused-ring (bicyclic) bond motifs is 1. The number of nitro groups is 1. The highest BCUT2D eigenvalue weighted by molar-refractivity contribution is 7.80. The molecule has 1 aliphatic carbocycles. The number of aromatic nitrogens is 1. The molecule has 1 aromatic carbocycles. The molecule has 0 spiro atoms. The smallest absolute Gasteiger partial charge is 0.270 e. The molecule has 0 unspecified atom stereocenters. The van der Waals surface area contributed by atoms with Gasteiger partial charge in [-0.05, 0) is 25.0 Å². The molecule has 0 atom stereocenters. The molecule has 19 heavy (non-hydrogen) atoms. The van der Waals surface area contributed by atoms with Gasteiger partial charge in [0.05, 0.1) is 9.95 Å². The summed E-state index contributed by atoms with van der Waals surface area (Å²) in [4.78, 5) is 10.5. The standard InChI is InChI=1S/C14H16N2O2S/c17-16(18)12-6-7-13-10(8-12)9-14(19)15(13)11-4-2-1-3-5-11/h6-9,11,19H,1-5H2. The van der Waals surface area contributed by atoms with Crippen molar-refractivity contribution in [2.75, 3.05) is 0 Å². The minimum atomic E-state index is -0.352. The van der Waals surface area contributed by atoms with E-state index in [9.17, 15) is 10.1 Å². The summed E-state index contributed by atoms with van der Waals surface area (Å²) in [5.41, 5.74) is 1.20. The van der Waals surface area contributed by atoms with E-state index in [1.165, 1.54) is 32.1 Å².